The highest BCUT2D eigenvalue weighted by atomic mass is 32.2. The van der Waals surface area contributed by atoms with Crippen LogP contribution in [-0.2, 0) is 15.6 Å². The Bertz CT molecular complexity index is 523. The third kappa shape index (κ3) is 1.94. The molecule has 0 aromatic carbocycles. The number of nitriles is 1. The minimum atomic E-state index is -3.16. The average Bonchev–Trinajstić information content (AvgIpc) is 2.76. The van der Waals surface area contributed by atoms with Gasteiger partial charge >= 0.3 is 0 Å². The van der Waals surface area contributed by atoms with Gasteiger partial charge in [0.25, 0.3) is 0 Å². The topological polar surface area (TPSA) is 79.0 Å². The van der Waals surface area contributed by atoms with Crippen molar-refractivity contribution in [1.29, 1.82) is 5.26 Å². The molecule has 1 aromatic heterocycles. The van der Waals surface area contributed by atoms with Gasteiger partial charge in [-0.25, -0.2) is 8.42 Å². The van der Waals surface area contributed by atoms with Crippen LogP contribution in [0.1, 0.15) is 13.3 Å². The van der Waals surface area contributed by atoms with Crippen molar-refractivity contribution in [3.05, 3.63) is 18.5 Å². The van der Waals surface area contributed by atoms with Gasteiger partial charge in [0, 0.05) is 25.5 Å². The van der Waals surface area contributed by atoms with E-state index < -0.39 is 15.6 Å². The summed E-state index contributed by atoms with van der Waals surface area (Å²) >= 11 is 0. The minimum Gasteiger partial charge on any atom is -0.263 e. The fourth-order valence-electron chi connectivity index (χ4n) is 2.02. The van der Waals surface area contributed by atoms with Gasteiger partial charge in [-0.05, 0) is 13.0 Å². The van der Waals surface area contributed by atoms with Gasteiger partial charge in [0.2, 0.25) is 10.0 Å². The van der Waals surface area contributed by atoms with Crippen LogP contribution in [0.15, 0.2) is 18.5 Å². The quantitative estimate of drug-likeness (QED) is 0.766. The number of hydrogen-bond acceptors (Lipinski definition) is 4. The summed E-state index contributed by atoms with van der Waals surface area (Å²) in [5, 5.41) is 13.0. The van der Waals surface area contributed by atoms with Crippen molar-refractivity contribution in [2.75, 3.05) is 18.8 Å². The molecule has 1 aromatic rings. The van der Waals surface area contributed by atoms with Crippen LogP contribution >= 0.6 is 0 Å². The lowest BCUT2D eigenvalue weighted by molar-refractivity contribution is 0.0718. The first-order valence-corrected chi connectivity index (χ1v) is 7.00. The number of sulfonamides is 1. The van der Waals surface area contributed by atoms with Gasteiger partial charge in [0.1, 0.15) is 5.54 Å². The molecule has 92 valence electrons. The number of hydrogen-bond donors (Lipinski definition) is 0. The molecule has 0 N–H and O–H groups in total. The summed E-state index contributed by atoms with van der Waals surface area (Å²) in [5.74, 6) is 0.0920. The summed E-state index contributed by atoms with van der Waals surface area (Å²) in [6, 6.07) is 3.88. The second kappa shape index (κ2) is 4.13. The van der Waals surface area contributed by atoms with Crippen molar-refractivity contribution in [3.63, 3.8) is 0 Å². The molecule has 0 saturated carbocycles. The second-order valence-electron chi connectivity index (χ2n) is 4.18. The Morgan fingerprint density at radius 3 is 2.71 bits per heavy atom. The first kappa shape index (κ1) is 12.1. The highest BCUT2D eigenvalue weighted by Crippen LogP contribution is 2.33. The molecule has 1 fully saturated rings. The molecular weight excluding hydrogens is 240 g/mol. The molecule has 0 amide bonds. The van der Waals surface area contributed by atoms with Crippen molar-refractivity contribution in [2.45, 2.75) is 18.9 Å². The van der Waals surface area contributed by atoms with Crippen LogP contribution in [0.3, 0.4) is 0 Å². The van der Waals surface area contributed by atoms with Crippen LogP contribution in [0.4, 0.5) is 0 Å². The van der Waals surface area contributed by atoms with E-state index in [2.05, 4.69) is 11.2 Å². The molecule has 6 nitrogen and oxygen atoms in total. The predicted molar refractivity (Wildman–Crippen MR) is 61.5 cm³/mol. The molecule has 1 aliphatic rings. The van der Waals surface area contributed by atoms with E-state index in [0.717, 1.165) is 0 Å². The third-order valence-electron chi connectivity index (χ3n) is 3.10. The Morgan fingerprint density at radius 1 is 1.53 bits per heavy atom. The van der Waals surface area contributed by atoms with Gasteiger partial charge in [0.15, 0.2) is 0 Å². The maximum atomic E-state index is 11.7. The number of rotatable bonds is 4. The Kier molecular flexibility index (Phi) is 2.93. The van der Waals surface area contributed by atoms with Gasteiger partial charge < -0.3 is 0 Å². The van der Waals surface area contributed by atoms with E-state index >= 15 is 0 Å². The fourth-order valence-corrected chi connectivity index (χ4v) is 3.26. The van der Waals surface area contributed by atoms with Crippen molar-refractivity contribution in [3.8, 4) is 6.07 Å². The Morgan fingerprint density at radius 2 is 2.24 bits per heavy atom. The van der Waals surface area contributed by atoms with Crippen LogP contribution in [0, 0.1) is 11.3 Å². The lowest BCUT2D eigenvalue weighted by atomic mass is 9.89. The Hall–Kier alpha value is -1.39. The standard InChI is InChI=1S/C10H14N4O2S/c1-2-17(15,16)13-8-10(9-13,4-5-11)14-7-3-6-12-14/h3,6-7H,2,4,8-9H2,1H3. The third-order valence-corrected chi connectivity index (χ3v) is 4.87. The summed E-state index contributed by atoms with van der Waals surface area (Å²) in [5.41, 5.74) is -0.486. The molecule has 17 heavy (non-hydrogen) atoms. The maximum absolute atomic E-state index is 11.7. The Labute approximate surface area is 101 Å². The summed E-state index contributed by atoms with van der Waals surface area (Å²) < 4.78 is 26.4. The number of aromatic nitrogens is 2. The van der Waals surface area contributed by atoms with Crippen molar-refractivity contribution in [1.82, 2.24) is 14.1 Å². The zero-order valence-electron chi connectivity index (χ0n) is 9.57. The van der Waals surface area contributed by atoms with Crippen LogP contribution < -0.4 is 0 Å². The summed E-state index contributed by atoms with van der Waals surface area (Å²) in [4.78, 5) is 0. The smallest absolute Gasteiger partial charge is 0.213 e. The molecule has 1 saturated heterocycles. The zero-order chi connectivity index (χ0) is 12.5. The SMILES string of the molecule is CCS(=O)(=O)N1CC(CC#N)(n2cccn2)C1. The molecule has 0 unspecified atom stereocenters. The minimum absolute atomic E-state index is 0.0920. The molecule has 7 heteroatoms. The Balaban J connectivity index is 2.19. The van der Waals surface area contributed by atoms with E-state index in [9.17, 15) is 8.42 Å². The van der Waals surface area contributed by atoms with Crippen LogP contribution in [0.25, 0.3) is 0 Å². The van der Waals surface area contributed by atoms with Crippen molar-refractivity contribution < 1.29 is 8.42 Å². The first-order valence-electron chi connectivity index (χ1n) is 5.39. The molecule has 0 bridgehead atoms. The second-order valence-corrected chi connectivity index (χ2v) is 6.44. The number of nitrogens with zero attached hydrogens (tertiary/aromatic N) is 4. The van der Waals surface area contributed by atoms with Gasteiger partial charge in [-0.2, -0.15) is 14.7 Å². The summed E-state index contributed by atoms with van der Waals surface area (Å²) in [7, 11) is -3.16. The lowest BCUT2D eigenvalue weighted by Crippen LogP contribution is -2.64. The molecule has 0 atom stereocenters. The molecule has 1 aliphatic heterocycles. The van der Waals surface area contributed by atoms with Gasteiger partial charge in [-0.15, -0.1) is 0 Å². The highest BCUT2D eigenvalue weighted by molar-refractivity contribution is 7.89. The molecular formula is C10H14N4O2S. The average molecular weight is 254 g/mol. The molecule has 0 spiro atoms. The first-order chi connectivity index (χ1) is 8.04. The molecule has 2 heterocycles. The monoisotopic (exact) mass is 254 g/mol. The van der Waals surface area contributed by atoms with Crippen LogP contribution in [0.5, 0.6) is 0 Å². The molecule has 2 rings (SSSR count). The van der Waals surface area contributed by atoms with E-state index in [0.29, 0.717) is 13.1 Å². The van der Waals surface area contributed by atoms with Crippen molar-refractivity contribution >= 4 is 10.0 Å². The maximum Gasteiger partial charge on any atom is 0.213 e. The summed E-state index contributed by atoms with van der Waals surface area (Å²) in [6.07, 6.45) is 3.67. The van der Waals surface area contributed by atoms with E-state index in [1.54, 1.807) is 30.1 Å². The zero-order valence-corrected chi connectivity index (χ0v) is 10.4. The van der Waals surface area contributed by atoms with Gasteiger partial charge in [-0.1, -0.05) is 0 Å². The van der Waals surface area contributed by atoms with E-state index in [-0.39, 0.29) is 12.2 Å². The van der Waals surface area contributed by atoms with Crippen molar-refractivity contribution in [2.24, 2.45) is 0 Å². The largest absolute Gasteiger partial charge is 0.263 e. The molecule has 0 aliphatic carbocycles. The van der Waals surface area contributed by atoms with E-state index in [1.807, 2.05) is 0 Å². The summed E-state index contributed by atoms with van der Waals surface area (Å²) in [6.45, 7) is 2.28. The lowest BCUT2D eigenvalue weighted by Gasteiger charge is -2.47. The van der Waals surface area contributed by atoms with Gasteiger partial charge in [0.05, 0.1) is 18.2 Å². The normalized spacial score (nSPS) is 19.5. The van der Waals surface area contributed by atoms with Crippen LogP contribution in [-0.4, -0.2) is 41.3 Å². The van der Waals surface area contributed by atoms with Crippen LogP contribution in [0.2, 0.25) is 0 Å². The van der Waals surface area contributed by atoms with E-state index in [4.69, 9.17) is 5.26 Å². The highest BCUT2D eigenvalue weighted by Gasteiger charge is 2.49. The van der Waals surface area contributed by atoms with E-state index in [1.165, 1.54) is 4.31 Å². The van der Waals surface area contributed by atoms with Gasteiger partial charge in [-0.3, -0.25) is 4.68 Å². The predicted octanol–water partition coefficient (Wildman–Crippen LogP) is 0.157. The fraction of sp³-hybridized carbons (Fsp3) is 0.600. The molecule has 0 radical (unpaired) electrons.